The lowest BCUT2D eigenvalue weighted by Gasteiger charge is -2.21. The Hall–Kier alpha value is -2.02. The molecule has 0 atom stereocenters. The Kier molecular flexibility index (Phi) is 6.47. The van der Waals surface area contributed by atoms with E-state index in [1.165, 1.54) is 17.7 Å². The summed E-state index contributed by atoms with van der Waals surface area (Å²) < 4.78 is 50.6. The quantitative estimate of drug-likeness (QED) is 0.741. The Morgan fingerprint density at radius 3 is 2.72 bits per heavy atom. The average Bonchev–Trinajstić information content (AvgIpc) is 2.57. The van der Waals surface area contributed by atoms with E-state index in [1.54, 1.807) is 0 Å². The van der Waals surface area contributed by atoms with Gasteiger partial charge >= 0.3 is 12.1 Å². The number of aryl methyl sites for hydroxylation is 1. The van der Waals surface area contributed by atoms with Crippen LogP contribution in [0.3, 0.4) is 0 Å². The van der Waals surface area contributed by atoms with Gasteiger partial charge in [0.25, 0.3) is 0 Å². The lowest BCUT2D eigenvalue weighted by Crippen LogP contribution is -2.17. The number of ether oxygens (including phenoxy) is 2. The van der Waals surface area contributed by atoms with E-state index in [2.05, 4.69) is 0 Å². The normalized spacial score (nSPS) is 15.4. The molecule has 0 amide bonds. The topological polar surface area (TPSA) is 55.8 Å². The number of halogens is 3. The standard InChI is InChI=1S/C18H21F3O4/c1-2-12-7-8-24-10-14(12)11-25-15-5-3-13(4-6-17(22)23)16(9-15)18(19,20)21/h3,5,9H,2,4,6-8,10-11H2,1H3,(H,22,23). The molecule has 1 heterocycles. The van der Waals surface area contributed by atoms with Crippen LogP contribution in [0.15, 0.2) is 29.3 Å². The predicted molar refractivity (Wildman–Crippen MR) is 85.6 cm³/mol. The molecule has 138 valence electrons. The molecule has 1 aromatic carbocycles. The highest BCUT2D eigenvalue weighted by Gasteiger charge is 2.33. The van der Waals surface area contributed by atoms with Crippen molar-refractivity contribution >= 4 is 5.97 Å². The van der Waals surface area contributed by atoms with Crippen LogP contribution in [0.1, 0.15) is 37.3 Å². The summed E-state index contributed by atoms with van der Waals surface area (Å²) >= 11 is 0. The van der Waals surface area contributed by atoms with Gasteiger partial charge in [0.1, 0.15) is 12.4 Å². The maximum atomic E-state index is 13.2. The van der Waals surface area contributed by atoms with Crippen molar-refractivity contribution in [3.8, 4) is 5.75 Å². The highest BCUT2D eigenvalue weighted by molar-refractivity contribution is 5.67. The Labute approximate surface area is 144 Å². The first-order valence-electron chi connectivity index (χ1n) is 8.13. The molecule has 4 nitrogen and oxygen atoms in total. The molecular formula is C18H21F3O4. The molecule has 0 aliphatic carbocycles. The zero-order chi connectivity index (χ0) is 18.4. The van der Waals surface area contributed by atoms with Crippen molar-refractivity contribution in [2.75, 3.05) is 19.8 Å². The molecule has 25 heavy (non-hydrogen) atoms. The van der Waals surface area contributed by atoms with Crippen LogP contribution >= 0.6 is 0 Å². The first-order chi connectivity index (χ1) is 11.8. The maximum Gasteiger partial charge on any atom is 0.416 e. The van der Waals surface area contributed by atoms with Crippen molar-refractivity contribution in [1.29, 1.82) is 0 Å². The molecule has 1 aromatic rings. The summed E-state index contributed by atoms with van der Waals surface area (Å²) in [5.74, 6) is -1.02. The number of alkyl halides is 3. The lowest BCUT2D eigenvalue weighted by atomic mass is 10.0. The number of aliphatic carboxylic acids is 1. The fourth-order valence-electron chi connectivity index (χ4n) is 2.78. The number of hydrogen-bond donors (Lipinski definition) is 1. The smallest absolute Gasteiger partial charge is 0.416 e. The monoisotopic (exact) mass is 358 g/mol. The van der Waals surface area contributed by atoms with Gasteiger partial charge in [-0.3, -0.25) is 4.79 Å². The van der Waals surface area contributed by atoms with Crippen LogP contribution in [-0.4, -0.2) is 30.9 Å². The van der Waals surface area contributed by atoms with Gasteiger partial charge in [-0.2, -0.15) is 13.2 Å². The maximum absolute atomic E-state index is 13.2. The van der Waals surface area contributed by atoms with Crippen LogP contribution < -0.4 is 4.74 Å². The van der Waals surface area contributed by atoms with Crippen LogP contribution in [0.5, 0.6) is 5.75 Å². The zero-order valence-corrected chi connectivity index (χ0v) is 14.0. The van der Waals surface area contributed by atoms with E-state index in [4.69, 9.17) is 14.6 Å². The molecule has 0 unspecified atom stereocenters. The molecule has 1 N–H and O–H groups in total. The summed E-state index contributed by atoms with van der Waals surface area (Å²) in [7, 11) is 0. The van der Waals surface area contributed by atoms with E-state index >= 15 is 0 Å². The van der Waals surface area contributed by atoms with E-state index in [0.29, 0.717) is 13.2 Å². The molecule has 0 spiro atoms. The van der Waals surface area contributed by atoms with Gasteiger partial charge in [0.15, 0.2) is 0 Å². The van der Waals surface area contributed by atoms with Crippen LogP contribution in [0.25, 0.3) is 0 Å². The van der Waals surface area contributed by atoms with Gasteiger partial charge in [0.2, 0.25) is 0 Å². The van der Waals surface area contributed by atoms with Crippen molar-refractivity contribution < 1.29 is 32.5 Å². The highest BCUT2D eigenvalue weighted by atomic mass is 19.4. The lowest BCUT2D eigenvalue weighted by molar-refractivity contribution is -0.140. The van der Waals surface area contributed by atoms with Crippen LogP contribution in [0.2, 0.25) is 0 Å². The fourth-order valence-corrected chi connectivity index (χ4v) is 2.78. The molecule has 0 aromatic heterocycles. The summed E-state index contributed by atoms with van der Waals surface area (Å²) in [6.45, 7) is 3.31. The summed E-state index contributed by atoms with van der Waals surface area (Å²) in [5.41, 5.74) is 1.30. The van der Waals surface area contributed by atoms with Crippen molar-refractivity contribution in [2.45, 2.75) is 38.8 Å². The van der Waals surface area contributed by atoms with Crippen LogP contribution in [0.4, 0.5) is 13.2 Å². The Bertz CT molecular complexity index is 650. The van der Waals surface area contributed by atoms with E-state index in [9.17, 15) is 18.0 Å². The Morgan fingerprint density at radius 2 is 2.08 bits per heavy atom. The van der Waals surface area contributed by atoms with Gasteiger partial charge in [-0.1, -0.05) is 18.6 Å². The largest absolute Gasteiger partial charge is 0.489 e. The number of carbonyl (C=O) groups is 1. The molecule has 7 heteroatoms. The van der Waals surface area contributed by atoms with Crippen molar-refractivity contribution in [2.24, 2.45) is 0 Å². The molecule has 1 aliphatic heterocycles. The van der Waals surface area contributed by atoms with E-state index in [-0.39, 0.29) is 30.8 Å². The first-order valence-corrected chi connectivity index (χ1v) is 8.13. The molecule has 0 radical (unpaired) electrons. The molecule has 0 bridgehead atoms. The van der Waals surface area contributed by atoms with Crippen molar-refractivity contribution in [1.82, 2.24) is 0 Å². The number of rotatable bonds is 7. The molecule has 2 rings (SSSR count). The SMILES string of the molecule is CCC1=C(COc2ccc(CCC(=O)O)c(C(F)(F)F)c2)COCC1. The molecular weight excluding hydrogens is 337 g/mol. The third kappa shape index (κ3) is 5.49. The highest BCUT2D eigenvalue weighted by Crippen LogP contribution is 2.35. The fraction of sp³-hybridized carbons (Fsp3) is 0.500. The Balaban J connectivity index is 2.16. The third-order valence-electron chi connectivity index (χ3n) is 4.16. The van der Waals surface area contributed by atoms with Gasteiger partial charge in [-0.05, 0) is 42.5 Å². The van der Waals surface area contributed by atoms with Gasteiger partial charge < -0.3 is 14.6 Å². The third-order valence-corrected chi connectivity index (χ3v) is 4.16. The van der Waals surface area contributed by atoms with Gasteiger partial charge in [-0.15, -0.1) is 0 Å². The van der Waals surface area contributed by atoms with E-state index in [0.717, 1.165) is 24.5 Å². The van der Waals surface area contributed by atoms with Gasteiger partial charge in [0, 0.05) is 6.42 Å². The van der Waals surface area contributed by atoms with Crippen molar-refractivity contribution in [3.05, 3.63) is 40.5 Å². The second-order valence-corrected chi connectivity index (χ2v) is 5.86. The summed E-state index contributed by atoms with van der Waals surface area (Å²) in [5, 5.41) is 8.68. The molecule has 0 fully saturated rings. The van der Waals surface area contributed by atoms with Gasteiger partial charge in [-0.25, -0.2) is 0 Å². The summed E-state index contributed by atoms with van der Waals surface area (Å²) in [4.78, 5) is 10.6. The van der Waals surface area contributed by atoms with E-state index in [1.807, 2.05) is 6.92 Å². The predicted octanol–water partition coefficient (Wildman–Crippen LogP) is 4.23. The number of carboxylic acids is 1. The zero-order valence-electron chi connectivity index (χ0n) is 14.0. The second-order valence-electron chi connectivity index (χ2n) is 5.86. The molecule has 0 saturated heterocycles. The van der Waals surface area contributed by atoms with E-state index < -0.39 is 17.7 Å². The molecule has 0 saturated carbocycles. The number of hydrogen-bond acceptors (Lipinski definition) is 3. The summed E-state index contributed by atoms with van der Waals surface area (Å²) in [6, 6.07) is 3.67. The molecule has 1 aliphatic rings. The minimum absolute atomic E-state index is 0.0447. The van der Waals surface area contributed by atoms with Gasteiger partial charge in [0.05, 0.1) is 18.8 Å². The van der Waals surface area contributed by atoms with Crippen LogP contribution in [-0.2, 0) is 22.1 Å². The first kappa shape index (κ1) is 19.3. The summed E-state index contributed by atoms with van der Waals surface area (Å²) in [6.07, 6.45) is -3.41. The average molecular weight is 358 g/mol. The minimum atomic E-state index is -4.56. The second kappa shape index (κ2) is 8.38. The minimum Gasteiger partial charge on any atom is -0.489 e. The van der Waals surface area contributed by atoms with Crippen molar-refractivity contribution in [3.63, 3.8) is 0 Å². The number of benzene rings is 1. The number of carboxylic acid groups (broad SMARTS) is 1. The Morgan fingerprint density at radius 1 is 1.32 bits per heavy atom. The van der Waals surface area contributed by atoms with Crippen LogP contribution in [0, 0.1) is 0 Å².